The molecule has 1 atom stereocenters. The van der Waals surface area contributed by atoms with Gasteiger partial charge in [0.05, 0.1) is 37.6 Å². The first kappa shape index (κ1) is 27.3. The maximum atomic E-state index is 13.1. The number of rotatable bonds is 6. The third-order valence-electron chi connectivity index (χ3n) is 5.84. The summed E-state index contributed by atoms with van der Waals surface area (Å²) >= 11 is 0. The number of amides is 1. The van der Waals surface area contributed by atoms with E-state index in [1.807, 2.05) is 4.98 Å². The van der Waals surface area contributed by atoms with Crippen molar-refractivity contribution < 1.29 is 40.6 Å². The van der Waals surface area contributed by atoms with Crippen LogP contribution in [0.2, 0.25) is 0 Å². The summed E-state index contributed by atoms with van der Waals surface area (Å²) in [6, 6.07) is 0.712. The maximum Gasteiger partial charge on any atom is 0.435 e. The molecule has 4 heterocycles. The Balaban J connectivity index is 1.28. The minimum atomic E-state index is -4.88. The number of piperazine rings is 1. The summed E-state index contributed by atoms with van der Waals surface area (Å²) in [5.74, 6) is -0.255. The van der Waals surface area contributed by atoms with Gasteiger partial charge in [0, 0.05) is 31.5 Å². The van der Waals surface area contributed by atoms with Gasteiger partial charge in [-0.05, 0) is 13.0 Å². The lowest BCUT2D eigenvalue weighted by Gasteiger charge is -2.44. The SMILES string of the molecule is C/C(COCCC(=O)N1CCN2c3ncc(C(F)(F)F)nc3OCC2C1)=N/c1cc[nH]c(=O)c1C(F)(F)F. The van der Waals surface area contributed by atoms with Crippen molar-refractivity contribution in [3.05, 3.63) is 40.1 Å². The maximum absolute atomic E-state index is 13.1. The van der Waals surface area contributed by atoms with Crippen LogP contribution < -0.4 is 15.2 Å². The third kappa shape index (κ3) is 6.06. The number of hydrogen-bond donors (Lipinski definition) is 1. The molecule has 2 aliphatic heterocycles. The molecule has 1 N–H and O–H groups in total. The summed E-state index contributed by atoms with van der Waals surface area (Å²) in [6.45, 7) is 2.15. The molecule has 0 radical (unpaired) electrons. The average molecular weight is 548 g/mol. The van der Waals surface area contributed by atoms with Crippen molar-refractivity contribution in [2.45, 2.75) is 31.7 Å². The van der Waals surface area contributed by atoms with Crippen molar-refractivity contribution in [2.75, 3.05) is 44.4 Å². The zero-order chi connectivity index (χ0) is 27.7. The molecule has 38 heavy (non-hydrogen) atoms. The van der Waals surface area contributed by atoms with Crippen LogP contribution in [0.15, 0.2) is 28.2 Å². The van der Waals surface area contributed by atoms with Crippen LogP contribution >= 0.6 is 0 Å². The fraction of sp³-hybridized carbons (Fsp3) is 0.500. The number of aliphatic imine (C=N–C) groups is 1. The molecular formula is C22H22F6N6O4. The largest absolute Gasteiger partial charge is 0.473 e. The molecule has 0 spiro atoms. The number of carbonyl (C=O) groups excluding carboxylic acids is 1. The Hall–Kier alpha value is -3.69. The topological polar surface area (TPSA) is 113 Å². The van der Waals surface area contributed by atoms with Gasteiger partial charge in [-0.2, -0.15) is 26.3 Å². The first-order valence-electron chi connectivity index (χ1n) is 11.4. The highest BCUT2D eigenvalue weighted by molar-refractivity contribution is 5.86. The van der Waals surface area contributed by atoms with E-state index in [4.69, 9.17) is 9.47 Å². The minimum Gasteiger partial charge on any atom is -0.473 e. The molecule has 1 fully saturated rings. The fourth-order valence-corrected chi connectivity index (χ4v) is 4.09. The highest BCUT2D eigenvalue weighted by Gasteiger charge is 2.39. The molecule has 1 amide bonds. The Morgan fingerprint density at radius 2 is 2.00 bits per heavy atom. The predicted molar refractivity (Wildman–Crippen MR) is 121 cm³/mol. The van der Waals surface area contributed by atoms with Gasteiger partial charge in [-0.15, -0.1) is 0 Å². The van der Waals surface area contributed by atoms with Gasteiger partial charge >= 0.3 is 12.4 Å². The Kier molecular flexibility index (Phi) is 7.62. The smallest absolute Gasteiger partial charge is 0.435 e. The molecule has 16 heteroatoms. The number of ether oxygens (including phenoxy) is 2. The third-order valence-corrected chi connectivity index (χ3v) is 5.84. The minimum absolute atomic E-state index is 0.00893. The van der Waals surface area contributed by atoms with E-state index in [0.29, 0.717) is 19.3 Å². The summed E-state index contributed by atoms with van der Waals surface area (Å²) in [6.07, 6.45) is -7.83. The van der Waals surface area contributed by atoms with E-state index in [2.05, 4.69) is 15.0 Å². The number of aromatic nitrogens is 3. The van der Waals surface area contributed by atoms with Crippen molar-refractivity contribution in [3.63, 3.8) is 0 Å². The average Bonchev–Trinajstić information content (AvgIpc) is 2.84. The number of fused-ring (bicyclic) bond motifs is 3. The van der Waals surface area contributed by atoms with Gasteiger partial charge in [-0.25, -0.2) is 9.97 Å². The molecule has 2 aromatic rings. The lowest BCUT2D eigenvalue weighted by Crippen LogP contribution is -2.58. The van der Waals surface area contributed by atoms with Gasteiger partial charge in [0.15, 0.2) is 11.5 Å². The fourth-order valence-electron chi connectivity index (χ4n) is 4.09. The van der Waals surface area contributed by atoms with Crippen LogP contribution in [-0.2, 0) is 21.9 Å². The van der Waals surface area contributed by atoms with Crippen LogP contribution in [-0.4, -0.2) is 77.0 Å². The second-order valence-corrected chi connectivity index (χ2v) is 8.59. The van der Waals surface area contributed by atoms with Crippen LogP contribution in [0.25, 0.3) is 0 Å². The van der Waals surface area contributed by atoms with Crippen LogP contribution in [0, 0.1) is 0 Å². The van der Waals surface area contributed by atoms with Crippen LogP contribution in [0.1, 0.15) is 24.6 Å². The zero-order valence-corrected chi connectivity index (χ0v) is 19.9. The molecule has 1 unspecified atom stereocenters. The van der Waals surface area contributed by atoms with E-state index >= 15 is 0 Å². The normalized spacial score (nSPS) is 18.1. The number of alkyl halides is 6. The number of aromatic amines is 1. The number of halogens is 6. The van der Waals surface area contributed by atoms with Crippen molar-refractivity contribution in [1.82, 2.24) is 19.9 Å². The van der Waals surface area contributed by atoms with Gasteiger partial charge in [0.2, 0.25) is 5.91 Å². The molecule has 1 saturated heterocycles. The number of H-pyrrole nitrogens is 1. The molecule has 4 rings (SSSR count). The van der Waals surface area contributed by atoms with E-state index in [1.54, 1.807) is 9.80 Å². The molecule has 10 nitrogen and oxygen atoms in total. The molecule has 0 bridgehead atoms. The molecule has 0 aliphatic carbocycles. The van der Waals surface area contributed by atoms with Gasteiger partial charge in [0.1, 0.15) is 12.2 Å². The van der Waals surface area contributed by atoms with E-state index in [0.717, 1.165) is 12.3 Å². The highest BCUT2D eigenvalue weighted by atomic mass is 19.4. The Labute approximate surface area is 211 Å². The summed E-state index contributed by atoms with van der Waals surface area (Å²) in [5.41, 5.74) is -4.22. The predicted octanol–water partition coefficient (Wildman–Crippen LogP) is 2.81. The van der Waals surface area contributed by atoms with Crippen molar-refractivity contribution in [2.24, 2.45) is 4.99 Å². The molecule has 206 valence electrons. The Bertz CT molecular complexity index is 1280. The van der Waals surface area contributed by atoms with Gasteiger partial charge in [-0.3, -0.25) is 14.6 Å². The van der Waals surface area contributed by atoms with E-state index in [1.165, 1.54) is 6.92 Å². The standard InChI is InChI=1S/C22H22F6N6O4/c1-12(31-14-2-4-29-19(36)17(14)22(26,27)28)10-37-7-3-16(35)33-5-6-34-13(9-33)11-38-20-18(34)30-8-15(32-20)21(23,24)25/h2,4,8,13H,3,5-7,9-11H2,1H3,(H,29,36)/b31-12-. The Morgan fingerprint density at radius 1 is 1.24 bits per heavy atom. The number of hydrogen-bond acceptors (Lipinski definition) is 8. The number of pyridine rings is 1. The summed E-state index contributed by atoms with van der Waals surface area (Å²) in [5, 5.41) is 0. The van der Waals surface area contributed by atoms with Gasteiger partial charge < -0.3 is 24.3 Å². The van der Waals surface area contributed by atoms with Crippen LogP contribution in [0.5, 0.6) is 5.88 Å². The van der Waals surface area contributed by atoms with E-state index < -0.39 is 34.9 Å². The van der Waals surface area contributed by atoms with Crippen LogP contribution in [0.3, 0.4) is 0 Å². The molecule has 2 aromatic heterocycles. The monoisotopic (exact) mass is 548 g/mol. The van der Waals surface area contributed by atoms with Gasteiger partial charge in [0.25, 0.3) is 11.4 Å². The first-order valence-corrected chi connectivity index (χ1v) is 11.4. The molecule has 0 saturated carbocycles. The van der Waals surface area contributed by atoms with Gasteiger partial charge in [-0.1, -0.05) is 0 Å². The highest BCUT2D eigenvalue weighted by Crippen LogP contribution is 2.36. The van der Waals surface area contributed by atoms with Crippen LogP contribution in [0.4, 0.5) is 37.8 Å². The van der Waals surface area contributed by atoms with Crippen molar-refractivity contribution in [1.29, 1.82) is 0 Å². The quantitative estimate of drug-likeness (QED) is 0.336. The number of carbonyl (C=O) groups is 1. The summed E-state index contributed by atoms with van der Waals surface area (Å²) in [7, 11) is 0. The number of nitrogens with one attached hydrogen (secondary N) is 1. The van der Waals surface area contributed by atoms with E-state index in [-0.39, 0.29) is 62.1 Å². The van der Waals surface area contributed by atoms with Crippen molar-refractivity contribution in [3.8, 4) is 5.88 Å². The second-order valence-electron chi connectivity index (χ2n) is 8.59. The molecule has 2 aliphatic rings. The number of anilines is 1. The lowest BCUT2D eigenvalue weighted by molar-refractivity contribution is -0.142. The van der Waals surface area contributed by atoms with Crippen molar-refractivity contribution >= 4 is 23.1 Å². The van der Waals surface area contributed by atoms with E-state index in [9.17, 15) is 35.9 Å². The first-order chi connectivity index (χ1) is 17.8. The molecule has 0 aromatic carbocycles. The second kappa shape index (κ2) is 10.6. The number of nitrogens with zero attached hydrogens (tertiary/aromatic N) is 5. The zero-order valence-electron chi connectivity index (χ0n) is 19.9. The summed E-state index contributed by atoms with van der Waals surface area (Å²) in [4.78, 5) is 40.7. The molecular weight excluding hydrogens is 526 g/mol. The lowest BCUT2D eigenvalue weighted by atomic mass is 10.1. The Morgan fingerprint density at radius 3 is 2.71 bits per heavy atom. The summed E-state index contributed by atoms with van der Waals surface area (Å²) < 4.78 is 88.9.